The monoisotopic (exact) mass is 319 g/mol. The number of anilines is 1. The number of carbonyl (C=O) groups excluding carboxylic acids is 1. The number of benzene rings is 2. The fraction of sp³-hybridized carbons (Fsp3) is 0.0625. The molecule has 112 valence electrons. The SMILES string of the molecule is O=C(/C=C/Nc1ccc(F)cc1Cl)c1ccc2c(c1)OCO2. The highest BCUT2D eigenvalue weighted by atomic mass is 35.5. The van der Waals surface area contributed by atoms with Gasteiger partial charge in [0.15, 0.2) is 17.3 Å². The Morgan fingerprint density at radius 2 is 2.00 bits per heavy atom. The van der Waals surface area contributed by atoms with Crippen LogP contribution in [0.1, 0.15) is 10.4 Å². The second-order valence-electron chi connectivity index (χ2n) is 4.53. The lowest BCUT2D eigenvalue weighted by Crippen LogP contribution is -1.97. The van der Waals surface area contributed by atoms with Gasteiger partial charge in [-0.2, -0.15) is 0 Å². The maximum atomic E-state index is 12.9. The van der Waals surface area contributed by atoms with Gasteiger partial charge in [-0.25, -0.2) is 4.39 Å². The van der Waals surface area contributed by atoms with Crippen LogP contribution in [0, 0.1) is 5.82 Å². The Morgan fingerprint density at radius 1 is 1.18 bits per heavy atom. The number of fused-ring (bicyclic) bond motifs is 1. The first-order chi connectivity index (χ1) is 10.6. The van der Waals surface area contributed by atoms with Crippen molar-refractivity contribution in [2.75, 3.05) is 12.1 Å². The quantitative estimate of drug-likeness (QED) is 0.683. The highest BCUT2D eigenvalue weighted by Gasteiger charge is 2.15. The minimum Gasteiger partial charge on any atom is -0.454 e. The molecule has 22 heavy (non-hydrogen) atoms. The fourth-order valence-electron chi connectivity index (χ4n) is 1.96. The molecular weight excluding hydrogens is 309 g/mol. The minimum atomic E-state index is -0.420. The average Bonchev–Trinajstić information content (AvgIpc) is 2.96. The van der Waals surface area contributed by atoms with Gasteiger partial charge in [-0.15, -0.1) is 0 Å². The Morgan fingerprint density at radius 3 is 2.82 bits per heavy atom. The van der Waals surface area contributed by atoms with Crippen LogP contribution in [0.4, 0.5) is 10.1 Å². The zero-order valence-electron chi connectivity index (χ0n) is 11.3. The first-order valence-electron chi connectivity index (χ1n) is 6.45. The molecule has 2 aromatic carbocycles. The van der Waals surface area contributed by atoms with Crippen LogP contribution in [0.15, 0.2) is 48.7 Å². The van der Waals surface area contributed by atoms with Gasteiger partial charge in [0.05, 0.1) is 10.7 Å². The number of ketones is 1. The summed E-state index contributed by atoms with van der Waals surface area (Å²) in [4.78, 5) is 12.1. The molecule has 1 aliphatic rings. The predicted molar refractivity (Wildman–Crippen MR) is 81.1 cm³/mol. The molecule has 0 amide bonds. The molecule has 0 atom stereocenters. The lowest BCUT2D eigenvalue weighted by molar-refractivity contribution is 0.104. The molecule has 0 saturated heterocycles. The first kappa shape index (κ1) is 14.4. The Balaban J connectivity index is 1.68. The van der Waals surface area contributed by atoms with Crippen molar-refractivity contribution in [1.29, 1.82) is 0 Å². The van der Waals surface area contributed by atoms with Crippen molar-refractivity contribution in [3.05, 3.63) is 65.1 Å². The van der Waals surface area contributed by atoms with Crippen LogP contribution in [0.5, 0.6) is 11.5 Å². The van der Waals surface area contributed by atoms with E-state index in [0.717, 1.165) is 0 Å². The molecule has 0 saturated carbocycles. The number of allylic oxidation sites excluding steroid dienone is 1. The average molecular weight is 320 g/mol. The third kappa shape index (κ3) is 3.04. The van der Waals surface area contributed by atoms with Crippen LogP contribution in [0.2, 0.25) is 5.02 Å². The summed E-state index contributed by atoms with van der Waals surface area (Å²) in [6, 6.07) is 8.94. The third-order valence-electron chi connectivity index (χ3n) is 3.06. The van der Waals surface area contributed by atoms with E-state index in [1.165, 1.54) is 30.5 Å². The molecule has 6 heteroatoms. The van der Waals surface area contributed by atoms with Gasteiger partial charge in [0.1, 0.15) is 5.82 Å². The van der Waals surface area contributed by atoms with Gasteiger partial charge in [0, 0.05) is 17.8 Å². The minimum absolute atomic E-state index is 0.160. The summed E-state index contributed by atoms with van der Waals surface area (Å²) < 4.78 is 23.3. The summed E-state index contributed by atoms with van der Waals surface area (Å²) in [5.41, 5.74) is 0.991. The van der Waals surface area contributed by atoms with Crippen LogP contribution in [0.25, 0.3) is 0 Å². The summed E-state index contributed by atoms with van der Waals surface area (Å²) in [7, 11) is 0. The lowest BCUT2D eigenvalue weighted by Gasteiger charge is -2.03. The fourth-order valence-corrected chi connectivity index (χ4v) is 2.18. The molecular formula is C16H11ClFNO3. The van der Waals surface area contributed by atoms with E-state index >= 15 is 0 Å². The molecule has 1 N–H and O–H groups in total. The molecule has 0 unspecified atom stereocenters. The number of hydrogen-bond acceptors (Lipinski definition) is 4. The standard InChI is InChI=1S/C16H11ClFNO3/c17-12-8-11(18)2-3-13(12)19-6-5-14(20)10-1-4-15-16(7-10)22-9-21-15/h1-8,19H,9H2/b6-5+. The van der Waals surface area contributed by atoms with E-state index in [1.54, 1.807) is 18.2 Å². The highest BCUT2D eigenvalue weighted by Crippen LogP contribution is 2.32. The Hall–Kier alpha value is -2.53. The summed E-state index contributed by atoms with van der Waals surface area (Å²) in [6.07, 6.45) is 2.81. The molecule has 0 radical (unpaired) electrons. The number of rotatable bonds is 4. The van der Waals surface area contributed by atoms with Crippen LogP contribution < -0.4 is 14.8 Å². The van der Waals surface area contributed by atoms with Crippen LogP contribution in [-0.4, -0.2) is 12.6 Å². The smallest absolute Gasteiger partial charge is 0.231 e. The largest absolute Gasteiger partial charge is 0.454 e. The van der Waals surface area contributed by atoms with Crippen molar-refractivity contribution in [3.8, 4) is 11.5 Å². The maximum Gasteiger partial charge on any atom is 0.231 e. The van der Waals surface area contributed by atoms with Crippen molar-refractivity contribution >= 4 is 23.1 Å². The zero-order valence-corrected chi connectivity index (χ0v) is 12.1. The molecule has 0 fully saturated rings. The molecule has 0 aliphatic carbocycles. The molecule has 4 nitrogen and oxygen atoms in total. The highest BCUT2D eigenvalue weighted by molar-refractivity contribution is 6.33. The number of ether oxygens (including phenoxy) is 2. The lowest BCUT2D eigenvalue weighted by atomic mass is 10.1. The maximum absolute atomic E-state index is 12.9. The van der Waals surface area contributed by atoms with Crippen molar-refractivity contribution < 1.29 is 18.7 Å². The van der Waals surface area contributed by atoms with E-state index in [4.69, 9.17) is 21.1 Å². The Bertz CT molecular complexity index is 761. The molecule has 1 aliphatic heterocycles. The number of halogens is 2. The van der Waals surface area contributed by atoms with Crippen LogP contribution >= 0.6 is 11.6 Å². The topological polar surface area (TPSA) is 47.6 Å². The third-order valence-corrected chi connectivity index (χ3v) is 3.37. The summed E-state index contributed by atoms with van der Waals surface area (Å²) in [5, 5.41) is 3.07. The molecule has 1 heterocycles. The van der Waals surface area contributed by atoms with Gasteiger partial charge in [-0.3, -0.25) is 4.79 Å². The van der Waals surface area contributed by atoms with E-state index in [1.807, 2.05) is 0 Å². The van der Waals surface area contributed by atoms with E-state index < -0.39 is 5.82 Å². The van der Waals surface area contributed by atoms with Crippen LogP contribution in [-0.2, 0) is 0 Å². The molecule has 3 rings (SSSR count). The second kappa shape index (κ2) is 6.07. The molecule has 0 spiro atoms. The molecule has 0 aromatic heterocycles. The molecule has 2 aromatic rings. The summed E-state index contributed by atoms with van der Waals surface area (Å²) in [5.74, 6) is 0.547. The van der Waals surface area contributed by atoms with Gasteiger partial charge in [-0.05, 0) is 36.4 Å². The van der Waals surface area contributed by atoms with Crippen molar-refractivity contribution in [2.45, 2.75) is 0 Å². The summed E-state index contributed by atoms with van der Waals surface area (Å²) in [6.45, 7) is 0.160. The van der Waals surface area contributed by atoms with E-state index in [9.17, 15) is 9.18 Å². The summed E-state index contributed by atoms with van der Waals surface area (Å²) >= 11 is 5.87. The predicted octanol–water partition coefficient (Wildman–Crippen LogP) is 4.02. The number of carbonyl (C=O) groups is 1. The molecule has 0 bridgehead atoms. The van der Waals surface area contributed by atoms with Crippen molar-refractivity contribution in [1.82, 2.24) is 0 Å². The van der Waals surface area contributed by atoms with Gasteiger partial charge in [-0.1, -0.05) is 11.6 Å². The van der Waals surface area contributed by atoms with Gasteiger partial charge in [0.25, 0.3) is 0 Å². The Labute approximate surface area is 131 Å². The van der Waals surface area contributed by atoms with Crippen LogP contribution in [0.3, 0.4) is 0 Å². The zero-order chi connectivity index (χ0) is 15.5. The van der Waals surface area contributed by atoms with Crippen molar-refractivity contribution in [2.24, 2.45) is 0 Å². The number of nitrogens with one attached hydrogen (secondary N) is 1. The normalized spacial score (nSPS) is 12.6. The first-order valence-corrected chi connectivity index (χ1v) is 6.83. The van der Waals surface area contributed by atoms with E-state index in [0.29, 0.717) is 22.7 Å². The van der Waals surface area contributed by atoms with Crippen molar-refractivity contribution in [3.63, 3.8) is 0 Å². The van der Waals surface area contributed by atoms with Gasteiger partial charge in [0.2, 0.25) is 6.79 Å². The van der Waals surface area contributed by atoms with E-state index in [2.05, 4.69) is 5.32 Å². The van der Waals surface area contributed by atoms with E-state index in [-0.39, 0.29) is 17.6 Å². The second-order valence-corrected chi connectivity index (χ2v) is 4.94. The van der Waals surface area contributed by atoms with Gasteiger partial charge < -0.3 is 14.8 Å². The van der Waals surface area contributed by atoms with Gasteiger partial charge >= 0.3 is 0 Å². The number of hydrogen-bond donors (Lipinski definition) is 1. The Kier molecular flexibility index (Phi) is 3.98.